The molecule has 2 N–H and O–H groups in total. The first-order valence-electron chi connectivity index (χ1n) is 10.5. The van der Waals surface area contributed by atoms with Gasteiger partial charge in [0.2, 0.25) is 0 Å². The zero-order chi connectivity index (χ0) is 23.5. The lowest BCUT2D eigenvalue weighted by atomic mass is 9.98. The number of carbonyl (C=O) groups is 3. The highest BCUT2D eigenvalue weighted by atomic mass is 32.1. The number of hydrogen-bond acceptors (Lipinski definition) is 6. The van der Waals surface area contributed by atoms with E-state index in [0.29, 0.717) is 0 Å². The first-order chi connectivity index (χ1) is 15.9. The Kier molecular flexibility index (Phi) is 6.41. The second-order valence-electron chi connectivity index (χ2n) is 7.59. The van der Waals surface area contributed by atoms with Gasteiger partial charge in [0.1, 0.15) is 18.3 Å². The van der Waals surface area contributed by atoms with Crippen LogP contribution in [0.1, 0.15) is 41.4 Å². The van der Waals surface area contributed by atoms with Gasteiger partial charge in [0.05, 0.1) is 0 Å². The molecule has 33 heavy (non-hydrogen) atoms. The fourth-order valence-corrected chi connectivity index (χ4v) is 4.70. The van der Waals surface area contributed by atoms with Crippen LogP contribution in [-0.2, 0) is 9.53 Å². The lowest BCUT2D eigenvalue weighted by Crippen LogP contribution is -2.43. The number of benzene rings is 2. The highest BCUT2D eigenvalue weighted by molar-refractivity contribution is 7.14. The first kappa shape index (κ1) is 22.5. The third kappa shape index (κ3) is 4.45. The van der Waals surface area contributed by atoms with E-state index < -0.39 is 24.0 Å². The number of hydrogen-bond donors (Lipinski definition) is 2. The number of thiazole rings is 1. The van der Waals surface area contributed by atoms with E-state index in [-0.39, 0.29) is 29.9 Å². The maximum Gasteiger partial charge on any atom is 0.413 e. The number of anilines is 1. The number of aromatic nitrogens is 1. The van der Waals surface area contributed by atoms with Crippen LogP contribution in [0.15, 0.2) is 53.9 Å². The molecule has 1 atom stereocenters. The van der Waals surface area contributed by atoms with Crippen LogP contribution >= 0.6 is 11.3 Å². The molecule has 0 fully saturated rings. The van der Waals surface area contributed by atoms with E-state index in [1.165, 1.54) is 17.2 Å². The molecule has 0 saturated carbocycles. The van der Waals surface area contributed by atoms with Gasteiger partial charge < -0.3 is 14.7 Å². The van der Waals surface area contributed by atoms with Crippen LogP contribution in [0.25, 0.3) is 11.1 Å². The standard InChI is InChI=1S/C24H23N3O5S/c1-3-27(14(2)22(29)30)21(28)20-13-33-23(25-20)26-24(31)32-12-19-17-10-6-4-8-15(17)16-9-5-7-11-18(16)19/h4-11,13-14,19H,3,12H2,1-2H3,(H,29,30)(H,25,26,31). The summed E-state index contributed by atoms with van der Waals surface area (Å²) in [5.41, 5.74) is 4.58. The maximum atomic E-state index is 12.6. The van der Waals surface area contributed by atoms with Crippen LogP contribution in [0.3, 0.4) is 0 Å². The summed E-state index contributed by atoms with van der Waals surface area (Å²) < 4.78 is 5.50. The van der Waals surface area contributed by atoms with Crippen molar-refractivity contribution in [1.29, 1.82) is 0 Å². The molecule has 0 radical (unpaired) electrons. The van der Waals surface area contributed by atoms with Crippen molar-refractivity contribution in [1.82, 2.24) is 9.88 Å². The number of likely N-dealkylation sites (N-methyl/N-ethyl adjacent to an activating group) is 1. The van der Waals surface area contributed by atoms with Gasteiger partial charge in [0.25, 0.3) is 5.91 Å². The first-order valence-corrected chi connectivity index (χ1v) is 11.4. The Bertz CT molecular complexity index is 1160. The Labute approximate surface area is 194 Å². The van der Waals surface area contributed by atoms with Crippen LogP contribution in [0.2, 0.25) is 0 Å². The summed E-state index contributed by atoms with van der Waals surface area (Å²) in [6.07, 6.45) is -0.670. The minimum Gasteiger partial charge on any atom is -0.480 e. The minimum atomic E-state index is -1.10. The SMILES string of the molecule is CCN(C(=O)c1csc(NC(=O)OCC2c3ccccc3-c3ccccc32)n1)C(C)C(=O)O. The predicted octanol–water partition coefficient (Wildman–Crippen LogP) is 4.44. The number of amides is 2. The predicted molar refractivity (Wildman–Crippen MR) is 125 cm³/mol. The zero-order valence-corrected chi connectivity index (χ0v) is 19.0. The number of aliphatic carboxylic acids is 1. The van der Waals surface area contributed by atoms with Crippen LogP contribution in [0.5, 0.6) is 0 Å². The Hall–Kier alpha value is -3.72. The molecule has 0 bridgehead atoms. The number of nitrogens with zero attached hydrogens (tertiary/aromatic N) is 2. The smallest absolute Gasteiger partial charge is 0.413 e. The van der Waals surface area contributed by atoms with E-state index in [0.717, 1.165) is 33.6 Å². The summed E-state index contributed by atoms with van der Waals surface area (Å²) in [6, 6.07) is 15.1. The van der Waals surface area contributed by atoms with Crippen molar-refractivity contribution < 1.29 is 24.2 Å². The molecule has 1 heterocycles. The average molecular weight is 466 g/mol. The molecule has 9 heteroatoms. The molecule has 170 valence electrons. The number of carboxylic acids is 1. The van der Waals surface area contributed by atoms with Crippen molar-refractivity contribution in [2.45, 2.75) is 25.8 Å². The van der Waals surface area contributed by atoms with Crippen LogP contribution < -0.4 is 5.32 Å². The third-order valence-electron chi connectivity index (χ3n) is 5.70. The van der Waals surface area contributed by atoms with Gasteiger partial charge in [0.15, 0.2) is 5.13 Å². The second kappa shape index (κ2) is 9.41. The summed E-state index contributed by atoms with van der Waals surface area (Å²) in [6.45, 7) is 3.52. The van der Waals surface area contributed by atoms with Crippen molar-refractivity contribution in [3.63, 3.8) is 0 Å². The Morgan fingerprint density at radius 3 is 2.30 bits per heavy atom. The molecule has 4 rings (SSSR count). The van der Waals surface area contributed by atoms with Gasteiger partial charge in [0, 0.05) is 17.8 Å². The van der Waals surface area contributed by atoms with Gasteiger partial charge >= 0.3 is 12.1 Å². The Balaban J connectivity index is 1.40. The second-order valence-corrected chi connectivity index (χ2v) is 8.45. The van der Waals surface area contributed by atoms with Crippen molar-refractivity contribution in [3.05, 3.63) is 70.7 Å². The molecule has 3 aromatic rings. The summed E-state index contributed by atoms with van der Waals surface area (Å²) >= 11 is 1.07. The van der Waals surface area contributed by atoms with Crippen LogP contribution in [0, 0.1) is 0 Å². The van der Waals surface area contributed by atoms with Gasteiger partial charge in [-0.2, -0.15) is 0 Å². The summed E-state index contributed by atoms with van der Waals surface area (Å²) in [5.74, 6) is -1.67. The normalized spacial score (nSPS) is 13.0. The summed E-state index contributed by atoms with van der Waals surface area (Å²) in [7, 11) is 0. The number of carboxylic acid groups (broad SMARTS) is 1. The molecular formula is C24H23N3O5S. The van der Waals surface area contributed by atoms with E-state index >= 15 is 0 Å². The summed E-state index contributed by atoms with van der Waals surface area (Å²) in [5, 5.41) is 13.4. The molecule has 2 aromatic carbocycles. The fourth-order valence-electron chi connectivity index (χ4n) is 4.02. The fraction of sp³-hybridized carbons (Fsp3) is 0.250. The average Bonchev–Trinajstić information content (AvgIpc) is 3.40. The molecule has 2 amide bonds. The molecule has 1 aliphatic rings. The molecular weight excluding hydrogens is 442 g/mol. The van der Waals surface area contributed by atoms with Crippen molar-refractivity contribution in [2.24, 2.45) is 0 Å². The zero-order valence-electron chi connectivity index (χ0n) is 18.1. The van der Waals surface area contributed by atoms with E-state index in [9.17, 15) is 19.5 Å². The summed E-state index contributed by atoms with van der Waals surface area (Å²) in [4.78, 5) is 41.6. The number of carbonyl (C=O) groups excluding carboxylic acids is 2. The Morgan fingerprint density at radius 2 is 1.73 bits per heavy atom. The number of nitrogens with one attached hydrogen (secondary N) is 1. The monoisotopic (exact) mass is 465 g/mol. The topological polar surface area (TPSA) is 109 Å². The van der Waals surface area contributed by atoms with E-state index in [4.69, 9.17) is 4.74 Å². The Morgan fingerprint density at radius 1 is 1.12 bits per heavy atom. The third-order valence-corrected chi connectivity index (χ3v) is 6.46. The van der Waals surface area contributed by atoms with Crippen LogP contribution in [-0.4, -0.2) is 52.2 Å². The van der Waals surface area contributed by atoms with Crippen molar-refractivity contribution in [3.8, 4) is 11.1 Å². The van der Waals surface area contributed by atoms with Gasteiger partial charge in [-0.15, -0.1) is 11.3 Å². The minimum absolute atomic E-state index is 0.0628. The number of fused-ring (bicyclic) bond motifs is 3. The highest BCUT2D eigenvalue weighted by Crippen LogP contribution is 2.44. The lowest BCUT2D eigenvalue weighted by molar-refractivity contribution is -0.141. The van der Waals surface area contributed by atoms with Gasteiger partial charge in [-0.1, -0.05) is 48.5 Å². The molecule has 1 aliphatic carbocycles. The molecule has 0 saturated heterocycles. The molecule has 0 aliphatic heterocycles. The number of rotatable bonds is 7. The quantitative estimate of drug-likeness (QED) is 0.534. The lowest BCUT2D eigenvalue weighted by Gasteiger charge is -2.23. The largest absolute Gasteiger partial charge is 0.480 e. The molecule has 0 spiro atoms. The maximum absolute atomic E-state index is 12.6. The molecule has 1 aromatic heterocycles. The van der Waals surface area contributed by atoms with Gasteiger partial charge in [-0.3, -0.25) is 10.1 Å². The molecule has 1 unspecified atom stereocenters. The highest BCUT2D eigenvalue weighted by Gasteiger charge is 2.29. The number of ether oxygens (including phenoxy) is 1. The van der Waals surface area contributed by atoms with E-state index in [1.54, 1.807) is 6.92 Å². The van der Waals surface area contributed by atoms with E-state index in [1.807, 2.05) is 36.4 Å². The van der Waals surface area contributed by atoms with Crippen molar-refractivity contribution in [2.75, 3.05) is 18.5 Å². The molecule has 8 nitrogen and oxygen atoms in total. The van der Waals surface area contributed by atoms with E-state index in [2.05, 4.69) is 22.4 Å². The van der Waals surface area contributed by atoms with Gasteiger partial charge in [-0.25, -0.2) is 14.6 Å². The van der Waals surface area contributed by atoms with Gasteiger partial charge in [-0.05, 0) is 36.1 Å². The van der Waals surface area contributed by atoms with Crippen molar-refractivity contribution >= 4 is 34.4 Å². The van der Waals surface area contributed by atoms with Crippen LogP contribution in [0.4, 0.5) is 9.93 Å².